The Balaban J connectivity index is 1.76. The molecule has 0 saturated carbocycles. The molecule has 0 fully saturated rings. The van der Waals surface area contributed by atoms with Gasteiger partial charge in [0.1, 0.15) is 5.82 Å². The van der Waals surface area contributed by atoms with E-state index < -0.39 is 0 Å². The molecule has 140 valence electrons. The molecule has 5 nitrogen and oxygen atoms in total. The molecule has 0 spiro atoms. The molecule has 0 aliphatic rings. The minimum absolute atomic E-state index is 0.163. The maximum atomic E-state index is 13.1. The van der Waals surface area contributed by atoms with Gasteiger partial charge in [0.05, 0.1) is 26.0 Å². The van der Waals surface area contributed by atoms with Crippen molar-refractivity contribution in [1.29, 1.82) is 0 Å². The monoisotopic (exact) mass is 367 g/mol. The first kappa shape index (κ1) is 18.8. The molecule has 0 amide bonds. The quantitative estimate of drug-likeness (QED) is 0.599. The third kappa shape index (κ3) is 5.01. The second-order valence-electron chi connectivity index (χ2n) is 6.38. The summed E-state index contributed by atoms with van der Waals surface area (Å²) < 4.78 is 19.7. The molecule has 0 N–H and O–H groups in total. The van der Waals surface area contributed by atoms with Gasteiger partial charge in [0.25, 0.3) is 0 Å². The Morgan fingerprint density at radius 2 is 1.89 bits per heavy atom. The molecule has 0 unspecified atom stereocenters. The standard InChI is InChI=1S/C21H22FN3O2/c1-16-5-3-4-6-18(16)13-24(14-21(26)27-2)15-25-12-11-20(23-25)17-7-9-19(22)10-8-17/h3-12H,13-15H2,1-2H3. The van der Waals surface area contributed by atoms with Crippen molar-refractivity contribution in [3.63, 3.8) is 0 Å². The first-order valence-electron chi connectivity index (χ1n) is 8.68. The van der Waals surface area contributed by atoms with Gasteiger partial charge in [0.2, 0.25) is 0 Å². The summed E-state index contributed by atoms with van der Waals surface area (Å²) in [4.78, 5) is 13.8. The van der Waals surface area contributed by atoms with Crippen LogP contribution in [0.2, 0.25) is 0 Å². The first-order valence-corrected chi connectivity index (χ1v) is 8.68. The zero-order chi connectivity index (χ0) is 19.2. The smallest absolute Gasteiger partial charge is 0.319 e. The molecule has 0 saturated heterocycles. The van der Waals surface area contributed by atoms with Crippen LogP contribution in [-0.2, 0) is 22.7 Å². The molecule has 0 aliphatic carbocycles. The van der Waals surface area contributed by atoms with E-state index in [2.05, 4.69) is 5.10 Å². The van der Waals surface area contributed by atoms with E-state index in [0.29, 0.717) is 13.2 Å². The Morgan fingerprint density at radius 1 is 1.15 bits per heavy atom. The summed E-state index contributed by atoms with van der Waals surface area (Å²) in [6, 6.07) is 16.2. The van der Waals surface area contributed by atoms with Gasteiger partial charge in [-0.15, -0.1) is 0 Å². The van der Waals surface area contributed by atoms with Crippen LogP contribution in [0.5, 0.6) is 0 Å². The van der Waals surface area contributed by atoms with Gasteiger partial charge in [-0.3, -0.25) is 14.4 Å². The summed E-state index contributed by atoms with van der Waals surface area (Å²) in [5.74, 6) is -0.574. The zero-order valence-corrected chi connectivity index (χ0v) is 15.4. The Bertz CT molecular complexity index is 906. The highest BCUT2D eigenvalue weighted by atomic mass is 19.1. The first-order chi connectivity index (χ1) is 13.0. The van der Waals surface area contributed by atoms with E-state index >= 15 is 0 Å². The van der Waals surface area contributed by atoms with Gasteiger partial charge < -0.3 is 4.74 Å². The van der Waals surface area contributed by atoms with Crippen LogP contribution < -0.4 is 0 Å². The Kier molecular flexibility index (Phi) is 5.98. The van der Waals surface area contributed by atoms with Gasteiger partial charge >= 0.3 is 5.97 Å². The van der Waals surface area contributed by atoms with Crippen molar-refractivity contribution >= 4 is 5.97 Å². The Labute approximate surface area is 158 Å². The van der Waals surface area contributed by atoms with Crippen LogP contribution in [0.4, 0.5) is 4.39 Å². The number of hydrogen-bond donors (Lipinski definition) is 0. The van der Waals surface area contributed by atoms with Crippen LogP contribution in [0.25, 0.3) is 11.3 Å². The molecule has 0 atom stereocenters. The topological polar surface area (TPSA) is 47.4 Å². The minimum Gasteiger partial charge on any atom is -0.468 e. The summed E-state index contributed by atoms with van der Waals surface area (Å²) in [7, 11) is 1.38. The maximum absolute atomic E-state index is 13.1. The van der Waals surface area contributed by atoms with Crippen molar-refractivity contribution in [1.82, 2.24) is 14.7 Å². The van der Waals surface area contributed by atoms with Crippen LogP contribution in [0.3, 0.4) is 0 Å². The van der Waals surface area contributed by atoms with Crippen molar-refractivity contribution in [2.75, 3.05) is 13.7 Å². The van der Waals surface area contributed by atoms with E-state index in [1.54, 1.807) is 16.8 Å². The third-order valence-electron chi connectivity index (χ3n) is 4.36. The van der Waals surface area contributed by atoms with Crippen molar-refractivity contribution < 1.29 is 13.9 Å². The lowest BCUT2D eigenvalue weighted by atomic mass is 10.1. The summed E-state index contributed by atoms with van der Waals surface area (Å²) in [5, 5.41) is 4.55. The van der Waals surface area contributed by atoms with Crippen LogP contribution in [-0.4, -0.2) is 34.3 Å². The van der Waals surface area contributed by atoms with Crippen molar-refractivity contribution in [3.8, 4) is 11.3 Å². The van der Waals surface area contributed by atoms with Gasteiger partial charge in [-0.25, -0.2) is 4.39 Å². The molecule has 1 aromatic heterocycles. The number of carbonyl (C=O) groups is 1. The van der Waals surface area contributed by atoms with Gasteiger partial charge in [0.15, 0.2) is 0 Å². The molecule has 0 radical (unpaired) electrons. The molecular formula is C21H22FN3O2. The van der Waals surface area contributed by atoms with E-state index in [-0.39, 0.29) is 18.3 Å². The number of rotatable bonds is 7. The van der Waals surface area contributed by atoms with E-state index in [0.717, 1.165) is 16.8 Å². The summed E-state index contributed by atoms with van der Waals surface area (Å²) >= 11 is 0. The van der Waals surface area contributed by atoms with E-state index in [1.165, 1.54) is 24.8 Å². The van der Waals surface area contributed by atoms with Gasteiger partial charge in [-0.05, 0) is 48.4 Å². The highest BCUT2D eigenvalue weighted by Crippen LogP contribution is 2.18. The SMILES string of the molecule is COC(=O)CN(Cc1ccccc1C)Cn1ccc(-c2ccc(F)cc2)n1. The predicted molar refractivity (Wildman–Crippen MR) is 101 cm³/mol. The lowest BCUT2D eigenvalue weighted by Crippen LogP contribution is -2.32. The summed E-state index contributed by atoms with van der Waals surface area (Å²) in [5.41, 5.74) is 3.91. The number of ether oxygens (including phenoxy) is 1. The van der Waals surface area contributed by atoms with Crippen LogP contribution in [0.1, 0.15) is 11.1 Å². The number of esters is 1. The van der Waals surface area contributed by atoms with E-state index in [9.17, 15) is 9.18 Å². The fraction of sp³-hybridized carbons (Fsp3) is 0.238. The molecule has 1 heterocycles. The molecule has 0 aliphatic heterocycles. The van der Waals surface area contributed by atoms with Crippen molar-refractivity contribution in [2.45, 2.75) is 20.1 Å². The van der Waals surface area contributed by atoms with E-state index in [4.69, 9.17) is 4.74 Å². The summed E-state index contributed by atoms with van der Waals surface area (Å²) in [6.07, 6.45) is 1.85. The Morgan fingerprint density at radius 3 is 2.59 bits per heavy atom. The average molecular weight is 367 g/mol. The van der Waals surface area contributed by atoms with Gasteiger partial charge in [-0.2, -0.15) is 5.10 Å². The van der Waals surface area contributed by atoms with E-state index in [1.807, 2.05) is 48.4 Å². The highest BCUT2D eigenvalue weighted by Gasteiger charge is 2.14. The second-order valence-corrected chi connectivity index (χ2v) is 6.38. The fourth-order valence-electron chi connectivity index (χ4n) is 2.85. The molecule has 6 heteroatoms. The van der Waals surface area contributed by atoms with Crippen molar-refractivity contribution in [3.05, 3.63) is 77.7 Å². The number of carbonyl (C=O) groups excluding carboxylic acids is 1. The highest BCUT2D eigenvalue weighted by molar-refractivity contribution is 5.71. The fourth-order valence-corrected chi connectivity index (χ4v) is 2.85. The number of aromatic nitrogens is 2. The molecule has 2 aromatic carbocycles. The van der Waals surface area contributed by atoms with Crippen molar-refractivity contribution in [2.24, 2.45) is 0 Å². The van der Waals surface area contributed by atoms with Crippen LogP contribution >= 0.6 is 0 Å². The van der Waals surface area contributed by atoms with Gasteiger partial charge in [0, 0.05) is 18.3 Å². The second kappa shape index (κ2) is 8.60. The molecule has 3 aromatic rings. The number of halogens is 1. The minimum atomic E-state index is -0.297. The van der Waals surface area contributed by atoms with Gasteiger partial charge in [-0.1, -0.05) is 24.3 Å². The number of methoxy groups -OCH3 is 1. The lowest BCUT2D eigenvalue weighted by molar-refractivity contribution is -0.142. The normalized spacial score (nSPS) is 11.0. The van der Waals surface area contributed by atoms with Crippen LogP contribution in [0, 0.1) is 12.7 Å². The predicted octanol–water partition coefficient (Wildman–Crippen LogP) is 3.63. The largest absolute Gasteiger partial charge is 0.468 e. The molecule has 3 rings (SSSR count). The average Bonchev–Trinajstić information content (AvgIpc) is 3.12. The number of benzene rings is 2. The number of aryl methyl sites for hydroxylation is 1. The molecule has 27 heavy (non-hydrogen) atoms. The van der Waals surface area contributed by atoms with Crippen LogP contribution in [0.15, 0.2) is 60.8 Å². The number of nitrogens with zero attached hydrogens (tertiary/aromatic N) is 3. The number of hydrogen-bond acceptors (Lipinski definition) is 4. The lowest BCUT2D eigenvalue weighted by Gasteiger charge is -2.22. The molecule has 0 bridgehead atoms. The summed E-state index contributed by atoms with van der Waals surface area (Å²) in [6.45, 7) is 3.25. The Hall–Kier alpha value is -2.99. The molecular weight excluding hydrogens is 345 g/mol. The zero-order valence-electron chi connectivity index (χ0n) is 15.4. The third-order valence-corrected chi connectivity index (χ3v) is 4.36. The maximum Gasteiger partial charge on any atom is 0.319 e.